The van der Waals surface area contributed by atoms with E-state index in [4.69, 9.17) is 28.9 Å². The summed E-state index contributed by atoms with van der Waals surface area (Å²) in [5.41, 5.74) is 7.72. The van der Waals surface area contributed by atoms with Crippen LogP contribution in [0, 0.1) is 0 Å². The minimum Gasteiger partial charge on any atom is -0.398 e. The van der Waals surface area contributed by atoms with Gasteiger partial charge in [-0.2, -0.15) is 0 Å². The fourth-order valence-electron chi connectivity index (χ4n) is 1.64. The molecule has 0 bridgehead atoms. The van der Waals surface area contributed by atoms with Gasteiger partial charge in [-0.3, -0.25) is 4.79 Å². The van der Waals surface area contributed by atoms with Crippen molar-refractivity contribution in [2.45, 2.75) is 6.42 Å². The second-order valence-corrected chi connectivity index (χ2v) is 5.75. The molecular weight excluding hydrogens is 349 g/mol. The predicted molar refractivity (Wildman–Crippen MR) is 83.1 cm³/mol. The van der Waals surface area contributed by atoms with E-state index in [1.165, 1.54) is 0 Å². The van der Waals surface area contributed by atoms with E-state index in [1.54, 1.807) is 36.4 Å². The molecule has 2 rings (SSSR count). The van der Waals surface area contributed by atoms with Gasteiger partial charge >= 0.3 is 0 Å². The normalized spacial score (nSPS) is 10.5. The summed E-state index contributed by atoms with van der Waals surface area (Å²) >= 11 is 15.1. The summed E-state index contributed by atoms with van der Waals surface area (Å²) in [6.45, 7) is 0. The Morgan fingerprint density at radius 2 is 1.84 bits per heavy atom. The van der Waals surface area contributed by atoms with Crippen molar-refractivity contribution in [2.24, 2.45) is 0 Å². The van der Waals surface area contributed by atoms with E-state index >= 15 is 0 Å². The van der Waals surface area contributed by atoms with E-state index in [1.807, 2.05) is 0 Å². The smallest absolute Gasteiger partial charge is 0.167 e. The molecule has 5 heteroatoms. The lowest BCUT2D eigenvalue weighted by molar-refractivity contribution is 0.0993. The molecule has 0 aromatic heterocycles. The zero-order valence-corrected chi connectivity index (χ0v) is 12.9. The number of carbonyl (C=O) groups excluding carboxylic acids is 1. The number of Topliss-reactive ketones (excluding diaryl/α,β-unsaturated/α-hetero) is 1. The molecule has 0 spiro atoms. The molecule has 0 heterocycles. The van der Waals surface area contributed by atoms with Crippen LogP contribution in [-0.2, 0) is 6.42 Å². The highest BCUT2D eigenvalue weighted by Gasteiger charge is 2.10. The molecule has 0 aliphatic carbocycles. The Morgan fingerprint density at radius 1 is 1.11 bits per heavy atom. The van der Waals surface area contributed by atoms with Gasteiger partial charge in [-0.1, -0.05) is 29.3 Å². The van der Waals surface area contributed by atoms with Gasteiger partial charge in [0.1, 0.15) is 0 Å². The average molecular weight is 359 g/mol. The van der Waals surface area contributed by atoms with Crippen LogP contribution in [0.15, 0.2) is 40.9 Å². The van der Waals surface area contributed by atoms with Crippen LogP contribution in [-0.4, -0.2) is 5.78 Å². The molecule has 0 aliphatic rings. The number of hydrogen-bond acceptors (Lipinski definition) is 2. The fraction of sp³-hybridized carbons (Fsp3) is 0.0714. The van der Waals surface area contributed by atoms with Crippen molar-refractivity contribution in [3.63, 3.8) is 0 Å². The minimum atomic E-state index is -0.000843. The van der Waals surface area contributed by atoms with Crippen LogP contribution in [0.4, 0.5) is 5.69 Å². The number of nitrogen functional groups attached to an aromatic ring is 1. The van der Waals surface area contributed by atoms with Crippen LogP contribution in [0.1, 0.15) is 15.9 Å². The molecule has 0 saturated heterocycles. The Hall–Kier alpha value is -1.03. The first kappa shape index (κ1) is 14.4. The molecule has 0 atom stereocenters. The molecule has 2 aromatic rings. The lowest BCUT2D eigenvalue weighted by Crippen LogP contribution is -2.04. The zero-order valence-electron chi connectivity index (χ0n) is 9.79. The largest absolute Gasteiger partial charge is 0.398 e. The first-order valence-electron chi connectivity index (χ1n) is 5.49. The van der Waals surface area contributed by atoms with E-state index in [-0.39, 0.29) is 12.2 Å². The number of carbonyl (C=O) groups is 1. The Balaban J connectivity index is 2.20. The Morgan fingerprint density at radius 3 is 2.47 bits per heavy atom. The highest BCUT2D eigenvalue weighted by molar-refractivity contribution is 9.10. The maximum absolute atomic E-state index is 12.1. The third-order valence-electron chi connectivity index (χ3n) is 2.67. The van der Waals surface area contributed by atoms with Crippen LogP contribution in [0.25, 0.3) is 0 Å². The molecule has 0 unspecified atom stereocenters. The van der Waals surface area contributed by atoms with Crippen LogP contribution in [0.5, 0.6) is 0 Å². The lowest BCUT2D eigenvalue weighted by Gasteiger charge is -2.05. The minimum absolute atomic E-state index is 0.000843. The first-order valence-corrected chi connectivity index (χ1v) is 7.04. The van der Waals surface area contributed by atoms with Crippen LogP contribution >= 0.6 is 39.1 Å². The summed E-state index contributed by atoms with van der Waals surface area (Å²) in [6, 6.07) is 10.3. The van der Waals surface area contributed by atoms with E-state index in [0.717, 1.165) is 5.56 Å². The number of benzene rings is 2. The van der Waals surface area contributed by atoms with Crippen LogP contribution < -0.4 is 5.73 Å². The van der Waals surface area contributed by atoms with Gasteiger partial charge in [0.25, 0.3) is 0 Å². The van der Waals surface area contributed by atoms with Gasteiger partial charge in [0.15, 0.2) is 5.78 Å². The average Bonchev–Trinajstić information content (AvgIpc) is 2.37. The fourth-order valence-corrected chi connectivity index (χ4v) is 2.34. The van der Waals surface area contributed by atoms with Crippen molar-refractivity contribution in [2.75, 3.05) is 5.73 Å². The quantitative estimate of drug-likeness (QED) is 0.634. The van der Waals surface area contributed by atoms with Crippen LogP contribution in [0.3, 0.4) is 0 Å². The predicted octanol–water partition coefficient (Wildman–Crippen LogP) is 4.76. The molecule has 2 aromatic carbocycles. The van der Waals surface area contributed by atoms with Gasteiger partial charge in [0, 0.05) is 22.1 Å². The van der Waals surface area contributed by atoms with Gasteiger partial charge < -0.3 is 5.73 Å². The molecule has 0 radical (unpaired) electrons. The van der Waals surface area contributed by atoms with Gasteiger partial charge in [0.2, 0.25) is 0 Å². The highest BCUT2D eigenvalue weighted by Crippen LogP contribution is 2.24. The molecular formula is C14H10BrCl2NO. The summed E-state index contributed by atoms with van der Waals surface area (Å²) in [5, 5.41) is 0.929. The Kier molecular flexibility index (Phi) is 4.50. The summed E-state index contributed by atoms with van der Waals surface area (Å²) in [4.78, 5) is 12.1. The number of rotatable bonds is 3. The Labute approximate surface area is 129 Å². The molecule has 2 nitrogen and oxygen atoms in total. The monoisotopic (exact) mass is 357 g/mol. The number of ketones is 1. The lowest BCUT2D eigenvalue weighted by atomic mass is 10.0. The van der Waals surface area contributed by atoms with E-state index in [2.05, 4.69) is 15.9 Å². The number of hydrogen-bond donors (Lipinski definition) is 1. The van der Waals surface area contributed by atoms with Crippen molar-refractivity contribution in [3.05, 3.63) is 62.0 Å². The highest BCUT2D eigenvalue weighted by atomic mass is 79.9. The Bertz CT molecular complexity index is 643. The SMILES string of the molecule is Nc1ccc(C(=O)Cc2ccc(Cl)c(Cl)c2)cc1Br. The third kappa shape index (κ3) is 3.50. The standard InChI is InChI=1S/C14H10BrCl2NO/c15-10-7-9(2-4-13(10)18)14(19)6-8-1-3-11(16)12(17)5-8/h1-5,7H,6,18H2. The molecule has 0 fully saturated rings. The maximum Gasteiger partial charge on any atom is 0.167 e. The van der Waals surface area contributed by atoms with Crippen molar-refractivity contribution >= 4 is 50.6 Å². The molecule has 98 valence electrons. The molecule has 0 aliphatic heterocycles. The third-order valence-corrected chi connectivity index (χ3v) is 4.10. The summed E-state index contributed by atoms with van der Waals surface area (Å²) < 4.78 is 0.715. The topological polar surface area (TPSA) is 43.1 Å². The molecule has 0 amide bonds. The van der Waals surface area contributed by atoms with E-state index in [0.29, 0.717) is 25.8 Å². The van der Waals surface area contributed by atoms with Crippen molar-refractivity contribution in [1.82, 2.24) is 0 Å². The number of halogens is 3. The second kappa shape index (κ2) is 5.95. The van der Waals surface area contributed by atoms with Gasteiger partial charge in [-0.05, 0) is 51.8 Å². The van der Waals surface area contributed by atoms with E-state index < -0.39 is 0 Å². The van der Waals surface area contributed by atoms with Crippen molar-refractivity contribution < 1.29 is 4.79 Å². The van der Waals surface area contributed by atoms with E-state index in [9.17, 15) is 4.79 Å². The molecule has 2 N–H and O–H groups in total. The second-order valence-electron chi connectivity index (χ2n) is 4.08. The zero-order chi connectivity index (χ0) is 14.0. The number of anilines is 1. The maximum atomic E-state index is 12.1. The number of nitrogens with two attached hydrogens (primary N) is 1. The van der Waals surface area contributed by atoms with Gasteiger partial charge in [-0.25, -0.2) is 0 Å². The van der Waals surface area contributed by atoms with Gasteiger partial charge in [-0.15, -0.1) is 0 Å². The summed E-state index contributed by atoms with van der Waals surface area (Å²) in [6.07, 6.45) is 0.271. The van der Waals surface area contributed by atoms with Crippen molar-refractivity contribution in [3.8, 4) is 0 Å². The first-order chi connectivity index (χ1) is 8.97. The summed E-state index contributed by atoms with van der Waals surface area (Å²) in [7, 11) is 0. The molecule has 19 heavy (non-hydrogen) atoms. The summed E-state index contributed by atoms with van der Waals surface area (Å²) in [5.74, 6) is -0.000843. The van der Waals surface area contributed by atoms with Crippen molar-refractivity contribution in [1.29, 1.82) is 0 Å². The van der Waals surface area contributed by atoms with Gasteiger partial charge in [0.05, 0.1) is 10.0 Å². The molecule has 0 saturated carbocycles. The van der Waals surface area contributed by atoms with Crippen LogP contribution in [0.2, 0.25) is 10.0 Å².